The van der Waals surface area contributed by atoms with Gasteiger partial charge in [-0.3, -0.25) is 0 Å². The lowest BCUT2D eigenvalue weighted by Gasteiger charge is -2.33. The molecule has 130 valence electrons. The van der Waals surface area contributed by atoms with Gasteiger partial charge >= 0.3 is 0 Å². The molecule has 0 aliphatic rings. The summed E-state index contributed by atoms with van der Waals surface area (Å²) in [6.45, 7) is 2.22. The maximum Gasteiger partial charge on any atom is 0.118 e. The summed E-state index contributed by atoms with van der Waals surface area (Å²) in [6.07, 6.45) is 2.10. The van der Waals surface area contributed by atoms with Crippen molar-refractivity contribution < 1.29 is 4.74 Å². The van der Waals surface area contributed by atoms with E-state index in [4.69, 9.17) is 4.74 Å². The lowest BCUT2D eigenvalue weighted by atomic mass is 9.84. The lowest BCUT2D eigenvalue weighted by Crippen LogP contribution is -2.33. The number of aromatic amines is 1. The number of ether oxygens (including phenoxy) is 1. The van der Waals surface area contributed by atoms with Crippen molar-refractivity contribution in [2.45, 2.75) is 12.5 Å². The number of fused-ring (bicyclic) bond motifs is 1. The van der Waals surface area contributed by atoms with Crippen LogP contribution in [0.4, 0.5) is 5.69 Å². The molecule has 0 amide bonds. The van der Waals surface area contributed by atoms with Gasteiger partial charge in [0.1, 0.15) is 5.75 Å². The summed E-state index contributed by atoms with van der Waals surface area (Å²) in [5, 5.41) is 4.96. The number of hydrogen-bond donors (Lipinski definition) is 2. The number of hydrogen-bond acceptors (Lipinski definition) is 2. The topological polar surface area (TPSA) is 37.0 Å². The van der Waals surface area contributed by atoms with Crippen LogP contribution in [0.15, 0.2) is 85.1 Å². The third kappa shape index (κ3) is 2.82. The van der Waals surface area contributed by atoms with Gasteiger partial charge < -0.3 is 15.0 Å². The average Bonchev–Trinajstić information content (AvgIpc) is 3.13. The molecule has 0 saturated carbocycles. The molecule has 0 radical (unpaired) electrons. The Kier molecular flexibility index (Phi) is 4.13. The Bertz CT molecular complexity index is 1010. The van der Waals surface area contributed by atoms with Crippen LogP contribution in [0.2, 0.25) is 0 Å². The highest BCUT2D eigenvalue weighted by atomic mass is 16.5. The third-order valence-corrected chi connectivity index (χ3v) is 4.96. The number of nitrogens with one attached hydrogen (secondary N) is 2. The zero-order valence-electron chi connectivity index (χ0n) is 15.0. The SMILES string of the molecule is COc1ccc(C(C)(Nc2ccccc2)c2c[nH]c3ccccc23)cc1. The highest BCUT2D eigenvalue weighted by Gasteiger charge is 2.31. The predicted octanol–water partition coefficient (Wildman–Crippen LogP) is 5.55. The second-order valence-corrected chi connectivity index (χ2v) is 6.59. The molecule has 0 aliphatic heterocycles. The van der Waals surface area contributed by atoms with Gasteiger partial charge in [0.05, 0.1) is 12.6 Å². The second kappa shape index (κ2) is 6.60. The van der Waals surface area contributed by atoms with E-state index >= 15 is 0 Å². The van der Waals surface area contributed by atoms with Crippen molar-refractivity contribution in [3.8, 4) is 5.75 Å². The van der Waals surface area contributed by atoms with Crippen molar-refractivity contribution in [2.75, 3.05) is 12.4 Å². The van der Waals surface area contributed by atoms with E-state index < -0.39 is 5.54 Å². The Hall–Kier alpha value is -3.20. The summed E-state index contributed by atoms with van der Waals surface area (Å²) in [4.78, 5) is 3.41. The quantitative estimate of drug-likeness (QED) is 0.499. The zero-order chi connectivity index (χ0) is 18.0. The lowest BCUT2D eigenvalue weighted by molar-refractivity contribution is 0.414. The monoisotopic (exact) mass is 342 g/mol. The Morgan fingerprint density at radius 1 is 0.846 bits per heavy atom. The molecule has 26 heavy (non-hydrogen) atoms. The van der Waals surface area contributed by atoms with Gasteiger partial charge in [-0.05, 0) is 42.8 Å². The Labute approximate surface area is 153 Å². The summed E-state index contributed by atoms with van der Waals surface area (Å²) in [6, 6.07) is 27.0. The van der Waals surface area contributed by atoms with E-state index in [0.717, 1.165) is 17.0 Å². The first-order valence-corrected chi connectivity index (χ1v) is 8.75. The molecule has 0 saturated heterocycles. The van der Waals surface area contributed by atoms with Gasteiger partial charge in [-0.2, -0.15) is 0 Å². The van der Waals surface area contributed by atoms with Crippen LogP contribution in [-0.4, -0.2) is 12.1 Å². The number of aromatic nitrogens is 1. The van der Waals surface area contributed by atoms with Crippen molar-refractivity contribution in [2.24, 2.45) is 0 Å². The summed E-state index contributed by atoms with van der Waals surface area (Å²) in [7, 11) is 1.69. The number of para-hydroxylation sites is 2. The molecule has 0 aliphatic carbocycles. The summed E-state index contributed by atoms with van der Waals surface area (Å²) in [5.74, 6) is 0.856. The molecule has 2 N–H and O–H groups in total. The van der Waals surface area contributed by atoms with Crippen molar-refractivity contribution in [3.63, 3.8) is 0 Å². The van der Waals surface area contributed by atoms with Gasteiger partial charge in [0, 0.05) is 28.4 Å². The molecule has 3 aromatic carbocycles. The van der Waals surface area contributed by atoms with E-state index in [1.165, 1.54) is 16.5 Å². The molecule has 4 rings (SSSR count). The van der Waals surface area contributed by atoms with Crippen LogP contribution < -0.4 is 10.1 Å². The Morgan fingerprint density at radius 3 is 2.27 bits per heavy atom. The number of rotatable bonds is 5. The fraction of sp³-hybridized carbons (Fsp3) is 0.130. The largest absolute Gasteiger partial charge is 0.497 e. The minimum atomic E-state index is -0.396. The fourth-order valence-electron chi connectivity index (χ4n) is 3.51. The van der Waals surface area contributed by atoms with E-state index in [-0.39, 0.29) is 0 Å². The standard InChI is InChI=1S/C23H22N2O/c1-23(25-18-8-4-3-5-9-18,17-12-14-19(26-2)15-13-17)21-16-24-22-11-7-6-10-20(21)22/h3-16,24-25H,1-2H3. The highest BCUT2D eigenvalue weighted by molar-refractivity contribution is 5.85. The Morgan fingerprint density at radius 2 is 1.54 bits per heavy atom. The fourth-order valence-corrected chi connectivity index (χ4v) is 3.51. The predicted molar refractivity (Wildman–Crippen MR) is 108 cm³/mol. The summed E-state index contributed by atoms with van der Waals surface area (Å²) < 4.78 is 5.33. The molecule has 1 unspecified atom stereocenters. The number of H-pyrrole nitrogens is 1. The molecule has 3 heteroatoms. The van der Waals surface area contributed by atoms with Crippen LogP contribution in [0.3, 0.4) is 0 Å². The summed E-state index contributed by atoms with van der Waals surface area (Å²) >= 11 is 0. The molecule has 0 spiro atoms. The molecule has 4 aromatic rings. The van der Waals surface area contributed by atoms with Crippen LogP contribution in [0.1, 0.15) is 18.1 Å². The molecule has 1 aromatic heterocycles. The van der Waals surface area contributed by atoms with Gasteiger partial charge in [0.15, 0.2) is 0 Å². The van der Waals surface area contributed by atoms with E-state index in [1.54, 1.807) is 7.11 Å². The van der Waals surface area contributed by atoms with E-state index in [0.29, 0.717) is 0 Å². The van der Waals surface area contributed by atoms with Crippen LogP contribution in [0.25, 0.3) is 10.9 Å². The molecule has 1 heterocycles. The van der Waals surface area contributed by atoms with E-state index in [9.17, 15) is 0 Å². The molecule has 1 atom stereocenters. The number of benzene rings is 3. The average molecular weight is 342 g/mol. The van der Waals surface area contributed by atoms with Gasteiger partial charge in [-0.25, -0.2) is 0 Å². The van der Waals surface area contributed by atoms with Gasteiger partial charge in [-0.15, -0.1) is 0 Å². The van der Waals surface area contributed by atoms with E-state index in [2.05, 4.69) is 72.0 Å². The normalized spacial score (nSPS) is 13.3. The van der Waals surface area contributed by atoms with Gasteiger partial charge in [0.25, 0.3) is 0 Å². The first-order chi connectivity index (χ1) is 12.7. The highest BCUT2D eigenvalue weighted by Crippen LogP contribution is 2.37. The van der Waals surface area contributed by atoms with Crippen molar-refractivity contribution in [1.82, 2.24) is 4.98 Å². The number of methoxy groups -OCH3 is 1. The molecular weight excluding hydrogens is 320 g/mol. The first kappa shape index (κ1) is 16.3. The molecule has 0 bridgehead atoms. The van der Waals surface area contributed by atoms with E-state index in [1.807, 2.05) is 30.3 Å². The minimum absolute atomic E-state index is 0.396. The van der Waals surface area contributed by atoms with Crippen LogP contribution >= 0.6 is 0 Å². The maximum atomic E-state index is 5.33. The van der Waals surface area contributed by atoms with Gasteiger partial charge in [-0.1, -0.05) is 48.5 Å². The molecular formula is C23H22N2O. The first-order valence-electron chi connectivity index (χ1n) is 8.75. The Balaban J connectivity index is 1.88. The molecule has 0 fully saturated rings. The van der Waals surface area contributed by atoms with Crippen molar-refractivity contribution in [3.05, 3.63) is 96.2 Å². The third-order valence-electron chi connectivity index (χ3n) is 4.96. The van der Waals surface area contributed by atoms with Crippen LogP contribution in [0, 0.1) is 0 Å². The van der Waals surface area contributed by atoms with Crippen LogP contribution in [-0.2, 0) is 5.54 Å². The molecule has 3 nitrogen and oxygen atoms in total. The minimum Gasteiger partial charge on any atom is -0.497 e. The number of anilines is 1. The van der Waals surface area contributed by atoms with Gasteiger partial charge in [0.2, 0.25) is 0 Å². The van der Waals surface area contributed by atoms with Crippen molar-refractivity contribution in [1.29, 1.82) is 0 Å². The van der Waals surface area contributed by atoms with Crippen molar-refractivity contribution >= 4 is 16.6 Å². The zero-order valence-corrected chi connectivity index (χ0v) is 15.0. The smallest absolute Gasteiger partial charge is 0.118 e. The second-order valence-electron chi connectivity index (χ2n) is 6.59. The summed E-state index contributed by atoms with van der Waals surface area (Å²) in [5.41, 5.74) is 4.20. The maximum absolute atomic E-state index is 5.33. The van der Waals surface area contributed by atoms with Crippen LogP contribution in [0.5, 0.6) is 5.75 Å².